The number of rotatable bonds is 5. The second kappa shape index (κ2) is 7.81. The molecular weight excluding hydrogens is 399 g/mol. The van der Waals surface area contributed by atoms with Gasteiger partial charge < -0.3 is 9.66 Å². The van der Waals surface area contributed by atoms with Crippen LogP contribution < -0.4 is 0 Å². The highest BCUT2D eigenvalue weighted by atomic mass is 35.5. The summed E-state index contributed by atoms with van der Waals surface area (Å²) in [6.07, 6.45) is 0. The Bertz CT molecular complexity index is 899. The van der Waals surface area contributed by atoms with Crippen LogP contribution in [-0.2, 0) is 16.2 Å². The number of hydrogen-bond acceptors (Lipinski definition) is 5. The number of nitro groups is 1. The maximum Gasteiger partial charge on any atom is 0.325 e. The molecule has 0 bridgehead atoms. The number of halogens is 2. The summed E-state index contributed by atoms with van der Waals surface area (Å²) in [4.78, 5) is 22.2. The molecule has 27 heavy (non-hydrogen) atoms. The Morgan fingerprint density at radius 2 is 2.00 bits per heavy atom. The molecular formula is C17H14ClFN2O5S. The highest BCUT2D eigenvalue weighted by molar-refractivity contribution is 7.89. The predicted octanol–water partition coefficient (Wildman–Crippen LogP) is 3.21. The molecule has 2 unspecified atom stereocenters. The van der Waals surface area contributed by atoms with Gasteiger partial charge in [-0.1, -0.05) is 29.8 Å². The maximum atomic E-state index is 14.3. The highest BCUT2D eigenvalue weighted by Gasteiger charge is 2.46. The molecule has 1 aliphatic heterocycles. The van der Waals surface area contributed by atoms with Crippen molar-refractivity contribution in [2.75, 3.05) is 13.1 Å². The van der Waals surface area contributed by atoms with Crippen molar-refractivity contribution >= 4 is 34.6 Å². The van der Waals surface area contributed by atoms with Crippen molar-refractivity contribution in [1.29, 1.82) is 0 Å². The van der Waals surface area contributed by atoms with Crippen LogP contribution in [0, 0.1) is 21.8 Å². The first-order valence-electron chi connectivity index (χ1n) is 7.87. The lowest BCUT2D eigenvalue weighted by Crippen LogP contribution is -2.30. The topological polar surface area (TPSA) is 107 Å². The van der Waals surface area contributed by atoms with E-state index >= 15 is 0 Å². The van der Waals surface area contributed by atoms with Gasteiger partial charge in [0.2, 0.25) is 0 Å². The monoisotopic (exact) mass is 412 g/mol. The first-order valence-corrected chi connectivity index (χ1v) is 9.36. The molecule has 142 valence electrons. The number of carboxylic acid groups (broad SMARTS) is 1. The lowest BCUT2D eigenvalue weighted by atomic mass is 9.89. The molecule has 0 aromatic heterocycles. The van der Waals surface area contributed by atoms with Gasteiger partial charge >= 0.3 is 11.7 Å². The predicted molar refractivity (Wildman–Crippen MR) is 96.4 cm³/mol. The average molecular weight is 413 g/mol. The second-order valence-corrected chi connectivity index (χ2v) is 7.93. The standard InChI is InChI=1S/C17H14ClFN2O5S/c18-10-5-6-11(14(19)7-10)12-8-20(9-13(12)17(22)23)27(26)16-4-2-1-3-15(16)21(24)25/h1-7,12-13H,8-9H2,(H,22,23)/t12-,13?,27?/m0/s1. The van der Waals surface area contributed by atoms with E-state index in [0.717, 1.165) is 6.07 Å². The summed E-state index contributed by atoms with van der Waals surface area (Å²) >= 11 is 3.80. The normalized spacial score (nSPS) is 21.1. The number of carboxylic acids is 1. The number of benzene rings is 2. The fourth-order valence-electron chi connectivity index (χ4n) is 3.17. The molecule has 0 saturated carbocycles. The van der Waals surface area contributed by atoms with Gasteiger partial charge in [0, 0.05) is 23.1 Å². The van der Waals surface area contributed by atoms with Crippen LogP contribution in [0.4, 0.5) is 10.1 Å². The fraction of sp³-hybridized carbons (Fsp3) is 0.235. The third kappa shape index (κ3) is 3.91. The van der Waals surface area contributed by atoms with E-state index in [1.807, 2.05) is 0 Å². The number of aliphatic carboxylic acids is 1. The summed E-state index contributed by atoms with van der Waals surface area (Å²) in [5.74, 6) is -3.56. The Balaban J connectivity index is 1.93. The minimum absolute atomic E-state index is 0.0197. The zero-order valence-corrected chi connectivity index (χ0v) is 15.3. The van der Waals surface area contributed by atoms with Crippen molar-refractivity contribution in [3.8, 4) is 0 Å². The van der Waals surface area contributed by atoms with Crippen LogP contribution in [0.1, 0.15) is 11.5 Å². The van der Waals surface area contributed by atoms with Crippen molar-refractivity contribution in [2.24, 2.45) is 5.92 Å². The van der Waals surface area contributed by atoms with Crippen LogP contribution in [0.15, 0.2) is 47.4 Å². The van der Waals surface area contributed by atoms with Gasteiger partial charge in [-0.15, -0.1) is 4.31 Å². The van der Waals surface area contributed by atoms with E-state index < -0.39 is 39.9 Å². The van der Waals surface area contributed by atoms with E-state index in [-0.39, 0.29) is 34.3 Å². The molecule has 0 radical (unpaired) electrons. The molecule has 3 rings (SSSR count). The zero-order chi connectivity index (χ0) is 19.7. The van der Waals surface area contributed by atoms with Gasteiger partial charge in [-0.25, -0.2) is 4.39 Å². The van der Waals surface area contributed by atoms with Gasteiger partial charge in [0.1, 0.15) is 5.82 Å². The molecule has 0 amide bonds. The quantitative estimate of drug-likeness (QED) is 0.459. The summed E-state index contributed by atoms with van der Waals surface area (Å²) in [5, 5.41) is 20.9. The van der Waals surface area contributed by atoms with E-state index in [9.17, 15) is 29.0 Å². The van der Waals surface area contributed by atoms with E-state index in [2.05, 4.69) is 0 Å². The van der Waals surface area contributed by atoms with Crippen molar-refractivity contribution in [2.45, 2.75) is 10.8 Å². The molecule has 0 aliphatic carbocycles. The third-order valence-corrected chi connectivity index (χ3v) is 6.17. The Kier molecular flexibility index (Phi) is 5.66. The minimum atomic E-state index is -1.95. The first kappa shape index (κ1) is 19.6. The summed E-state index contributed by atoms with van der Waals surface area (Å²) in [5.41, 5.74) is -0.155. The Morgan fingerprint density at radius 3 is 2.63 bits per heavy atom. The SMILES string of the molecule is O=C(O)C1CN([S+]([O-])c2ccccc2[N+](=O)[O-])C[C@H]1c1ccc(Cl)cc1F. The largest absolute Gasteiger partial charge is 0.593 e. The molecule has 1 aliphatic rings. The van der Waals surface area contributed by atoms with Gasteiger partial charge in [0.25, 0.3) is 4.90 Å². The van der Waals surface area contributed by atoms with Crippen molar-refractivity contribution in [3.63, 3.8) is 0 Å². The number of carbonyl (C=O) groups is 1. The summed E-state index contributed by atoms with van der Waals surface area (Å²) < 4.78 is 28.5. The number of para-hydroxylation sites is 1. The first-order chi connectivity index (χ1) is 12.8. The van der Waals surface area contributed by atoms with Crippen LogP contribution in [0.5, 0.6) is 0 Å². The van der Waals surface area contributed by atoms with E-state index in [4.69, 9.17) is 11.6 Å². The van der Waals surface area contributed by atoms with E-state index in [0.29, 0.717) is 0 Å². The molecule has 2 aromatic rings. The number of hydrogen-bond donors (Lipinski definition) is 1. The van der Waals surface area contributed by atoms with Gasteiger partial charge in [0.05, 0.1) is 35.3 Å². The van der Waals surface area contributed by atoms with E-state index in [1.165, 1.54) is 40.7 Å². The number of nitro benzene ring substituents is 1. The molecule has 1 saturated heterocycles. The van der Waals surface area contributed by atoms with Crippen molar-refractivity contribution in [1.82, 2.24) is 4.31 Å². The van der Waals surface area contributed by atoms with Crippen LogP contribution in [0.2, 0.25) is 5.02 Å². The van der Waals surface area contributed by atoms with Gasteiger partial charge in [-0.3, -0.25) is 14.9 Å². The van der Waals surface area contributed by atoms with Crippen molar-refractivity contribution in [3.05, 3.63) is 69.0 Å². The maximum absolute atomic E-state index is 14.3. The third-order valence-electron chi connectivity index (χ3n) is 4.45. The fourth-order valence-corrected chi connectivity index (χ4v) is 4.71. The lowest BCUT2D eigenvalue weighted by molar-refractivity contribution is -0.387. The van der Waals surface area contributed by atoms with Gasteiger partial charge in [0.15, 0.2) is 0 Å². The molecule has 1 heterocycles. The molecule has 10 heteroatoms. The van der Waals surface area contributed by atoms with Crippen LogP contribution in [0.25, 0.3) is 0 Å². The second-order valence-electron chi connectivity index (χ2n) is 6.04. The lowest BCUT2D eigenvalue weighted by Gasteiger charge is -2.19. The van der Waals surface area contributed by atoms with Crippen molar-refractivity contribution < 1.29 is 23.8 Å². The zero-order valence-electron chi connectivity index (χ0n) is 13.7. The molecule has 7 nitrogen and oxygen atoms in total. The molecule has 2 aromatic carbocycles. The van der Waals surface area contributed by atoms with Crippen LogP contribution in [-0.4, -0.2) is 37.9 Å². The molecule has 1 N–H and O–H groups in total. The summed E-state index contributed by atoms with van der Waals surface area (Å²) in [6.45, 7) is -0.144. The van der Waals surface area contributed by atoms with Crippen LogP contribution in [0.3, 0.4) is 0 Å². The molecule has 1 fully saturated rings. The Hall–Kier alpha value is -2.20. The van der Waals surface area contributed by atoms with Gasteiger partial charge in [-0.05, 0) is 17.7 Å². The molecule has 3 atom stereocenters. The van der Waals surface area contributed by atoms with Crippen LogP contribution >= 0.6 is 11.6 Å². The minimum Gasteiger partial charge on any atom is -0.593 e. The summed E-state index contributed by atoms with van der Waals surface area (Å²) in [7, 11) is 0. The Morgan fingerprint density at radius 1 is 1.30 bits per heavy atom. The highest BCUT2D eigenvalue weighted by Crippen LogP contribution is 2.38. The number of nitrogens with zero attached hydrogens (tertiary/aromatic N) is 2. The summed E-state index contributed by atoms with van der Waals surface area (Å²) in [6, 6.07) is 9.53. The smallest absolute Gasteiger partial charge is 0.325 e. The van der Waals surface area contributed by atoms with E-state index in [1.54, 1.807) is 0 Å². The van der Waals surface area contributed by atoms with Gasteiger partial charge in [-0.2, -0.15) is 0 Å². The molecule has 0 spiro atoms. The Labute approximate surface area is 161 Å². The average Bonchev–Trinajstić information content (AvgIpc) is 3.06.